The van der Waals surface area contributed by atoms with Crippen LogP contribution in [0.4, 0.5) is 11.4 Å². The van der Waals surface area contributed by atoms with Crippen molar-refractivity contribution >= 4 is 50.9 Å². The normalized spacial score (nSPS) is 20.4. The zero-order chi connectivity index (χ0) is 36.6. The van der Waals surface area contributed by atoms with Gasteiger partial charge in [-0.05, 0) is 76.3 Å². The maximum atomic E-state index is 12.7. The summed E-state index contributed by atoms with van der Waals surface area (Å²) < 4.78 is 33.7. The van der Waals surface area contributed by atoms with Crippen LogP contribution in [-0.4, -0.2) is 80.6 Å². The summed E-state index contributed by atoms with van der Waals surface area (Å²) >= 11 is 1.23. The number of carbonyl (C=O) groups is 3. The van der Waals surface area contributed by atoms with Crippen molar-refractivity contribution in [2.24, 2.45) is 0 Å². The molecule has 17 heteroatoms. The average Bonchev–Trinajstić information content (AvgIpc) is 3.13. The fourth-order valence-electron chi connectivity index (χ4n) is 6.04. The van der Waals surface area contributed by atoms with Gasteiger partial charge in [-0.25, -0.2) is 8.42 Å². The van der Waals surface area contributed by atoms with E-state index in [2.05, 4.69) is 71.2 Å². The summed E-state index contributed by atoms with van der Waals surface area (Å²) in [5, 5.41) is 13.6. The van der Waals surface area contributed by atoms with Gasteiger partial charge in [-0.2, -0.15) is 4.89 Å². The molecule has 0 spiro atoms. The molecule has 0 aromatic heterocycles. The van der Waals surface area contributed by atoms with Gasteiger partial charge in [-0.3, -0.25) is 30.0 Å². The lowest BCUT2D eigenvalue weighted by atomic mass is 9.79. The number of benzene rings is 1. The van der Waals surface area contributed by atoms with Crippen molar-refractivity contribution in [2.45, 2.75) is 109 Å². The number of rotatable bonds is 17. The highest BCUT2D eigenvalue weighted by atomic mass is 32.2. The number of anilines is 2. The number of hydrazine groups is 1. The number of unbranched alkanes of at least 4 members (excludes halogenated alkanes) is 4. The molecule has 282 valence electrons. The highest BCUT2D eigenvalue weighted by Crippen LogP contribution is 2.29. The van der Waals surface area contributed by atoms with Gasteiger partial charge in [0.15, 0.2) is 0 Å². The fraction of sp³-hybridized carbons (Fsp3) is 0.667. The molecule has 15 nitrogen and oxygen atoms in total. The molecule has 1 aromatic rings. The Kier molecular flexibility index (Phi) is 16.6. The first-order chi connectivity index (χ1) is 23.7. The Labute approximate surface area is 300 Å². The molecule has 0 bridgehead atoms. The summed E-state index contributed by atoms with van der Waals surface area (Å²) in [5.74, 6) is -2.26. The van der Waals surface area contributed by atoms with E-state index in [4.69, 9.17) is 14.5 Å². The molecule has 0 saturated carbocycles. The summed E-state index contributed by atoms with van der Waals surface area (Å²) in [5.41, 5.74) is 5.38. The quantitative estimate of drug-likeness (QED) is 0.0589. The van der Waals surface area contributed by atoms with Crippen LogP contribution in [0, 0.1) is 0 Å². The second-order valence-corrected chi connectivity index (χ2v) is 16.6. The highest BCUT2D eigenvalue weighted by Gasteiger charge is 2.38. The molecule has 1 atom stereocenters. The summed E-state index contributed by atoms with van der Waals surface area (Å²) in [6.45, 7) is 10.8. The molecule has 0 radical (unpaired) electrons. The standard InChI is InChI=1S/C33H54N6O9S2/c1-6-7-8-9-10-11-27-28(22-47-48-46-18-17-45-27)49-23-29(40)34-16-19-50(43,44)38-25-14-12-24(13-15-25)36-37-31(42)30(41)35-26-20-32(2,3)39-33(4,5)21-26/h12-15,22,26-27,36,38-39H,6-11,16-21,23H2,1-5H3,(H,34,40)(H,35,41)(H,37,42)/b28-22+. The van der Waals surface area contributed by atoms with Gasteiger partial charge in [-0.1, -0.05) is 39.0 Å². The number of hydrogen-bond acceptors (Lipinski definition) is 12. The third-order valence-corrected chi connectivity index (χ3v) is 10.3. The smallest absolute Gasteiger partial charge is 0.327 e. The van der Waals surface area contributed by atoms with Crippen LogP contribution in [0.25, 0.3) is 0 Å². The summed E-state index contributed by atoms with van der Waals surface area (Å²) in [6, 6.07) is 5.94. The number of amides is 3. The van der Waals surface area contributed by atoms with E-state index in [0.717, 1.165) is 32.1 Å². The van der Waals surface area contributed by atoms with E-state index in [1.54, 1.807) is 12.1 Å². The lowest BCUT2D eigenvalue weighted by Crippen LogP contribution is -2.63. The Hall–Kier alpha value is -3.09. The Bertz CT molecular complexity index is 1370. The molecule has 1 aromatic carbocycles. The van der Waals surface area contributed by atoms with Gasteiger partial charge < -0.3 is 25.6 Å². The predicted molar refractivity (Wildman–Crippen MR) is 193 cm³/mol. The summed E-state index contributed by atoms with van der Waals surface area (Å²) in [7, 11) is -3.79. The van der Waals surface area contributed by atoms with Crippen LogP contribution in [0.5, 0.6) is 0 Å². The second kappa shape index (κ2) is 20.1. The molecule has 3 amide bonds. The van der Waals surface area contributed by atoms with Crippen LogP contribution < -0.4 is 31.5 Å². The molecule has 1 unspecified atom stereocenters. The monoisotopic (exact) mass is 742 g/mol. The zero-order valence-electron chi connectivity index (χ0n) is 29.7. The SMILES string of the molecule is CCCCCCCC1OCCOOO/C=C\1SCC(=O)NCCS(=O)(=O)Nc1ccc(NNC(=O)C(=O)NC2CC(C)(C)NC(C)(C)C2)cc1. The van der Waals surface area contributed by atoms with Crippen LogP contribution >= 0.6 is 11.8 Å². The molecule has 2 aliphatic heterocycles. The maximum Gasteiger partial charge on any atom is 0.327 e. The number of piperidine rings is 1. The Morgan fingerprint density at radius 1 is 0.940 bits per heavy atom. The van der Waals surface area contributed by atoms with Crippen molar-refractivity contribution < 1.29 is 42.4 Å². The van der Waals surface area contributed by atoms with Gasteiger partial charge in [0, 0.05) is 29.4 Å². The van der Waals surface area contributed by atoms with Crippen molar-refractivity contribution in [1.29, 1.82) is 0 Å². The van der Waals surface area contributed by atoms with Crippen LogP contribution in [0.2, 0.25) is 0 Å². The molecule has 50 heavy (non-hydrogen) atoms. The summed E-state index contributed by atoms with van der Waals surface area (Å²) in [4.78, 5) is 48.0. The van der Waals surface area contributed by atoms with Gasteiger partial charge in [-0.15, -0.1) is 11.8 Å². The van der Waals surface area contributed by atoms with Gasteiger partial charge >= 0.3 is 11.8 Å². The number of carbonyl (C=O) groups excluding carboxylic acids is 3. The first kappa shape index (κ1) is 41.3. The average molecular weight is 743 g/mol. The van der Waals surface area contributed by atoms with Crippen LogP contribution in [0.3, 0.4) is 0 Å². The molecule has 2 heterocycles. The number of thioether (sulfide) groups is 1. The Morgan fingerprint density at radius 3 is 2.32 bits per heavy atom. The lowest BCUT2D eigenvalue weighted by molar-refractivity contribution is -0.490. The molecular weight excluding hydrogens is 689 g/mol. The minimum absolute atomic E-state index is 0.0281. The predicted octanol–water partition coefficient (Wildman–Crippen LogP) is 3.63. The van der Waals surface area contributed by atoms with E-state index in [0.29, 0.717) is 30.0 Å². The molecule has 1 fully saturated rings. The molecule has 3 rings (SSSR count). The van der Waals surface area contributed by atoms with Crippen molar-refractivity contribution in [3.63, 3.8) is 0 Å². The van der Waals surface area contributed by atoms with E-state index < -0.39 is 21.8 Å². The molecule has 2 aliphatic rings. The van der Waals surface area contributed by atoms with E-state index in [1.807, 2.05) is 0 Å². The topological polar surface area (TPSA) is 194 Å². The number of hydrogen-bond donors (Lipinski definition) is 6. The minimum atomic E-state index is -3.79. The van der Waals surface area contributed by atoms with Gasteiger partial charge in [0.2, 0.25) is 15.9 Å². The zero-order valence-corrected chi connectivity index (χ0v) is 31.4. The lowest BCUT2D eigenvalue weighted by Gasteiger charge is -2.46. The van der Waals surface area contributed by atoms with Crippen LogP contribution in [-0.2, 0) is 44.0 Å². The van der Waals surface area contributed by atoms with Crippen molar-refractivity contribution in [3.05, 3.63) is 35.4 Å². The molecular formula is C33H54N6O9S2. The largest absolute Gasteiger partial charge is 0.370 e. The van der Waals surface area contributed by atoms with Gasteiger partial charge in [0.1, 0.15) is 12.9 Å². The van der Waals surface area contributed by atoms with E-state index in [9.17, 15) is 22.8 Å². The fourth-order valence-corrected chi connectivity index (χ4v) is 7.88. The second-order valence-electron chi connectivity index (χ2n) is 13.8. The third kappa shape index (κ3) is 15.9. The van der Waals surface area contributed by atoms with Crippen molar-refractivity contribution in [3.8, 4) is 0 Å². The molecule has 6 N–H and O–H groups in total. The minimum Gasteiger partial charge on any atom is -0.370 e. The summed E-state index contributed by atoms with van der Waals surface area (Å²) in [6.07, 6.45) is 8.76. The number of ether oxygens (including phenoxy) is 1. The maximum absolute atomic E-state index is 12.7. The van der Waals surface area contributed by atoms with E-state index >= 15 is 0 Å². The van der Waals surface area contributed by atoms with E-state index in [1.165, 1.54) is 36.6 Å². The number of nitrogens with one attached hydrogen (secondary N) is 6. The van der Waals surface area contributed by atoms with Crippen molar-refractivity contribution in [2.75, 3.05) is 41.4 Å². The van der Waals surface area contributed by atoms with Gasteiger partial charge in [0.25, 0.3) is 0 Å². The molecule has 0 aliphatic carbocycles. The number of sulfonamides is 1. The van der Waals surface area contributed by atoms with Gasteiger partial charge in [0.05, 0.1) is 34.8 Å². The van der Waals surface area contributed by atoms with E-state index in [-0.39, 0.29) is 59.5 Å². The Balaban J connectivity index is 1.38. The van der Waals surface area contributed by atoms with Crippen LogP contribution in [0.1, 0.15) is 86.0 Å². The van der Waals surface area contributed by atoms with Crippen molar-refractivity contribution in [1.82, 2.24) is 21.4 Å². The highest BCUT2D eigenvalue weighted by molar-refractivity contribution is 8.03. The molecule has 1 saturated heterocycles. The van der Waals surface area contributed by atoms with Crippen LogP contribution in [0.15, 0.2) is 35.4 Å². The Morgan fingerprint density at radius 2 is 1.62 bits per heavy atom. The third-order valence-electron chi connectivity index (χ3n) is 7.90. The first-order valence-electron chi connectivity index (χ1n) is 17.1. The first-order valence-corrected chi connectivity index (χ1v) is 19.7.